The molecule has 0 unspecified atom stereocenters. The van der Waals surface area contributed by atoms with Gasteiger partial charge in [-0.15, -0.1) is 11.6 Å². The zero-order valence-electron chi connectivity index (χ0n) is 12.5. The Morgan fingerprint density at radius 2 is 2.14 bits per heavy atom. The van der Waals surface area contributed by atoms with Gasteiger partial charge in [-0.2, -0.15) is 0 Å². The molecule has 21 heavy (non-hydrogen) atoms. The Labute approximate surface area is 130 Å². The van der Waals surface area contributed by atoms with Crippen molar-refractivity contribution in [1.29, 1.82) is 0 Å². The molecule has 114 valence electrons. The van der Waals surface area contributed by atoms with Crippen molar-refractivity contribution < 1.29 is 9.59 Å². The van der Waals surface area contributed by atoms with E-state index >= 15 is 0 Å². The molecular formula is C16H21ClN2O2. The van der Waals surface area contributed by atoms with Gasteiger partial charge in [-0.25, -0.2) is 0 Å². The van der Waals surface area contributed by atoms with E-state index in [-0.39, 0.29) is 17.9 Å². The molecule has 2 amide bonds. The van der Waals surface area contributed by atoms with Gasteiger partial charge in [0.1, 0.15) is 0 Å². The molecule has 4 nitrogen and oxygen atoms in total. The van der Waals surface area contributed by atoms with Gasteiger partial charge in [-0.05, 0) is 43.5 Å². The number of hydrogen-bond donors (Lipinski definition) is 1. The van der Waals surface area contributed by atoms with Crippen molar-refractivity contribution >= 4 is 29.1 Å². The van der Waals surface area contributed by atoms with Gasteiger partial charge >= 0.3 is 0 Å². The number of carbonyl (C=O) groups is 2. The summed E-state index contributed by atoms with van der Waals surface area (Å²) >= 11 is 5.57. The van der Waals surface area contributed by atoms with Crippen LogP contribution >= 0.6 is 11.6 Å². The van der Waals surface area contributed by atoms with E-state index in [1.165, 1.54) is 5.56 Å². The highest BCUT2D eigenvalue weighted by Crippen LogP contribution is 2.24. The lowest BCUT2D eigenvalue weighted by molar-refractivity contribution is -0.121. The van der Waals surface area contributed by atoms with Crippen LogP contribution in [0.5, 0.6) is 0 Å². The molecule has 1 aromatic rings. The summed E-state index contributed by atoms with van der Waals surface area (Å²) < 4.78 is 0. The van der Waals surface area contributed by atoms with E-state index in [4.69, 9.17) is 11.6 Å². The number of anilines is 1. The van der Waals surface area contributed by atoms with Crippen molar-refractivity contribution in [3.05, 3.63) is 29.3 Å². The number of nitrogens with one attached hydrogen (secondary N) is 1. The zero-order valence-corrected chi connectivity index (χ0v) is 13.2. The van der Waals surface area contributed by atoms with Crippen molar-refractivity contribution in [2.75, 3.05) is 17.3 Å². The first kappa shape index (κ1) is 15.8. The lowest BCUT2D eigenvalue weighted by Gasteiger charge is -2.18. The first-order chi connectivity index (χ1) is 10.0. The van der Waals surface area contributed by atoms with E-state index in [1.54, 1.807) is 4.90 Å². The number of carbonyl (C=O) groups excluding carboxylic acids is 2. The molecule has 0 bridgehead atoms. The van der Waals surface area contributed by atoms with Crippen molar-refractivity contribution in [1.82, 2.24) is 5.32 Å². The van der Waals surface area contributed by atoms with Crippen LogP contribution in [0.25, 0.3) is 0 Å². The van der Waals surface area contributed by atoms with E-state index < -0.39 is 0 Å². The Morgan fingerprint density at radius 3 is 2.81 bits per heavy atom. The van der Waals surface area contributed by atoms with Crippen LogP contribution in [0, 0.1) is 13.8 Å². The average Bonchev–Trinajstić information content (AvgIpc) is 2.80. The third-order valence-corrected chi connectivity index (χ3v) is 4.10. The third-order valence-electron chi connectivity index (χ3n) is 3.83. The number of aryl methyl sites for hydroxylation is 2. The number of hydrogen-bond acceptors (Lipinski definition) is 2. The van der Waals surface area contributed by atoms with Gasteiger partial charge in [0.15, 0.2) is 0 Å². The quantitative estimate of drug-likeness (QED) is 0.850. The van der Waals surface area contributed by atoms with Gasteiger partial charge < -0.3 is 10.2 Å². The maximum Gasteiger partial charge on any atom is 0.229 e. The Bertz CT molecular complexity index is 545. The molecule has 0 saturated carbocycles. The summed E-state index contributed by atoms with van der Waals surface area (Å²) in [6.07, 6.45) is 1.44. The van der Waals surface area contributed by atoms with Gasteiger partial charge in [0.2, 0.25) is 11.8 Å². The minimum atomic E-state index is -0.109. The Morgan fingerprint density at radius 1 is 1.38 bits per heavy atom. The van der Waals surface area contributed by atoms with Crippen LogP contribution in [0.4, 0.5) is 5.69 Å². The molecule has 1 heterocycles. The monoisotopic (exact) mass is 308 g/mol. The number of halogens is 1. The molecule has 1 saturated heterocycles. The molecule has 5 heteroatoms. The van der Waals surface area contributed by atoms with E-state index in [1.807, 2.05) is 32.0 Å². The van der Waals surface area contributed by atoms with Crippen LogP contribution in [0.3, 0.4) is 0 Å². The molecule has 0 radical (unpaired) electrons. The summed E-state index contributed by atoms with van der Waals surface area (Å²) in [4.78, 5) is 25.6. The summed E-state index contributed by atoms with van der Waals surface area (Å²) in [5, 5.41) is 2.91. The minimum Gasteiger partial charge on any atom is -0.351 e. The molecule has 0 spiro atoms. The normalized spacial score (nSPS) is 18.1. The van der Waals surface area contributed by atoms with Crippen LogP contribution in [-0.2, 0) is 9.59 Å². The van der Waals surface area contributed by atoms with Crippen LogP contribution in [0.2, 0.25) is 0 Å². The van der Waals surface area contributed by atoms with Gasteiger partial charge in [-0.1, -0.05) is 6.07 Å². The van der Waals surface area contributed by atoms with E-state index in [0.717, 1.165) is 11.3 Å². The fourth-order valence-electron chi connectivity index (χ4n) is 2.47. The second kappa shape index (κ2) is 6.94. The first-order valence-electron chi connectivity index (χ1n) is 7.24. The lowest BCUT2D eigenvalue weighted by atomic mass is 10.1. The predicted octanol–water partition coefficient (Wildman–Crippen LogP) is 2.54. The first-order valence-corrected chi connectivity index (χ1v) is 7.77. The lowest BCUT2D eigenvalue weighted by Crippen LogP contribution is -2.37. The van der Waals surface area contributed by atoms with Crippen molar-refractivity contribution in [2.45, 2.75) is 39.2 Å². The smallest absolute Gasteiger partial charge is 0.229 e. The molecule has 2 rings (SSSR count). The highest BCUT2D eigenvalue weighted by Gasteiger charge is 2.31. The molecule has 1 N–H and O–H groups in total. The molecular weight excluding hydrogens is 288 g/mol. The summed E-state index contributed by atoms with van der Waals surface area (Å²) in [6, 6.07) is 5.88. The summed E-state index contributed by atoms with van der Waals surface area (Å²) in [6.45, 7) is 4.61. The molecule has 0 aliphatic carbocycles. The minimum absolute atomic E-state index is 0.0320. The van der Waals surface area contributed by atoms with Crippen molar-refractivity contribution in [3.8, 4) is 0 Å². The fourth-order valence-corrected chi connectivity index (χ4v) is 2.61. The predicted molar refractivity (Wildman–Crippen MR) is 84.8 cm³/mol. The summed E-state index contributed by atoms with van der Waals surface area (Å²) in [5.74, 6) is 0.502. The molecule has 1 aliphatic rings. The van der Waals surface area contributed by atoms with Crippen LogP contribution < -0.4 is 10.2 Å². The van der Waals surface area contributed by atoms with Gasteiger partial charge in [0.05, 0.1) is 6.04 Å². The topological polar surface area (TPSA) is 49.4 Å². The number of benzene rings is 1. The molecule has 1 aliphatic heterocycles. The maximum absolute atomic E-state index is 12.1. The van der Waals surface area contributed by atoms with Crippen LogP contribution in [-0.4, -0.2) is 30.3 Å². The van der Waals surface area contributed by atoms with Gasteiger partial charge in [-0.3, -0.25) is 9.59 Å². The van der Waals surface area contributed by atoms with Gasteiger partial charge in [0.25, 0.3) is 0 Å². The number of rotatable bonds is 5. The number of amides is 2. The average molecular weight is 309 g/mol. The van der Waals surface area contributed by atoms with E-state index in [9.17, 15) is 9.59 Å². The Kier molecular flexibility index (Phi) is 5.23. The van der Waals surface area contributed by atoms with Crippen LogP contribution in [0.1, 0.15) is 30.4 Å². The second-order valence-electron chi connectivity index (χ2n) is 5.53. The Hall–Kier alpha value is -1.55. The molecule has 1 fully saturated rings. The number of alkyl halides is 1. The largest absolute Gasteiger partial charge is 0.351 e. The van der Waals surface area contributed by atoms with Crippen molar-refractivity contribution in [2.24, 2.45) is 0 Å². The maximum atomic E-state index is 12.1. The third kappa shape index (κ3) is 3.97. The SMILES string of the molecule is Cc1ccc(N2C[C@H](NC(=O)CCCCl)CC2=O)cc1C. The van der Waals surface area contributed by atoms with E-state index in [2.05, 4.69) is 5.32 Å². The van der Waals surface area contributed by atoms with E-state index in [0.29, 0.717) is 31.7 Å². The fraction of sp³-hybridized carbons (Fsp3) is 0.500. The van der Waals surface area contributed by atoms with Crippen molar-refractivity contribution in [3.63, 3.8) is 0 Å². The summed E-state index contributed by atoms with van der Waals surface area (Å²) in [7, 11) is 0. The van der Waals surface area contributed by atoms with Gasteiger partial charge in [0, 0.05) is 31.0 Å². The molecule has 1 aromatic carbocycles. The standard InChI is InChI=1S/C16H21ClN2O2/c1-11-5-6-14(8-12(11)2)19-10-13(9-16(19)21)18-15(20)4-3-7-17/h5-6,8,13H,3-4,7,9-10H2,1-2H3,(H,18,20)/t13-/m1/s1. The molecule has 0 aromatic heterocycles. The zero-order chi connectivity index (χ0) is 15.4. The Balaban J connectivity index is 1.99. The highest BCUT2D eigenvalue weighted by molar-refractivity contribution is 6.17. The summed E-state index contributed by atoms with van der Waals surface area (Å²) in [5.41, 5.74) is 3.27. The number of nitrogens with zero attached hydrogens (tertiary/aromatic N) is 1. The van der Waals surface area contributed by atoms with Crippen LogP contribution in [0.15, 0.2) is 18.2 Å². The second-order valence-corrected chi connectivity index (χ2v) is 5.91. The molecule has 1 atom stereocenters. The highest BCUT2D eigenvalue weighted by atomic mass is 35.5.